The predicted octanol–water partition coefficient (Wildman–Crippen LogP) is 4.13. The number of likely N-dealkylation sites (tertiary alicyclic amines) is 1. The minimum Gasteiger partial charge on any atom is -0.478 e. The number of alkyl halides is 1. The summed E-state index contributed by atoms with van der Waals surface area (Å²) in [6.07, 6.45) is 0.642. The highest BCUT2D eigenvalue weighted by Crippen LogP contribution is 2.28. The van der Waals surface area contributed by atoms with Gasteiger partial charge in [-0.05, 0) is 39.3 Å². The molecule has 3 aromatic rings. The van der Waals surface area contributed by atoms with Gasteiger partial charge >= 0.3 is 12.1 Å². The molecule has 2 atom stereocenters. The van der Waals surface area contributed by atoms with Crippen LogP contribution in [0.25, 0.3) is 17.0 Å². The molecule has 12 heteroatoms. The first-order chi connectivity index (χ1) is 16.4. The van der Waals surface area contributed by atoms with Crippen molar-refractivity contribution in [1.29, 1.82) is 0 Å². The SMILES string of the molecule is CC(C)(C)OC(=O)N1CC[C@H](F)[C@@H](Nc2nc(-c3cnc4cc(C(=O)O)ccn34)c(F)cc2F)C1. The first-order valence-electron chi connectivity index (χ1n) is 10.9. The summed E-state index contributed by atoms with van der Waals surface area (Å²) in [6.45, 7) is 5.18. The van der Waals surface area contributed by atoms with Crippen molar-refractivity contribution in [2.45, 2.75) is 45.0 Å². The molecule has 4 heterocycles. The number of fused-ring (bicyclic) bond motifs is 1. The fourth-order valence-corrected chi connectivity index (χ4v) is 3.76. The van der Waals surface area contributed by atoms with Crippen LogP contribution in [0.1, 0.15) is 37.6 Å². The average Bonchev–Trinajstić information content (AvgIpc) is 3.18. The maximum Gasteiger partial charge on any atom is 0.410 e. The van der Waals surface area contributed by atoms with Gasteiger partial charge in [-0.1, -0.05) is 0 Å². The van der Waals surface area contributed by atoms with Crippen LogP contribution in [0.2, 0.25) is 0 Å². The van der Waals surface area contributed by atoms with Crippen molar-refractivity contribution in [2.24, 2.45) is 0 Å². The van der Waals surface area contributed by atoms with Gasteiger partial charge in [-0.25, -0.2) is 32.7 Å². The molecular formula is C23H24F3N5O4. The number of nitrogens with one attached hydrogen (secondary N) is 1. The lowest BCUT2D eigenvalue weighted by molar-refractivity contribution is 0.0150. The summed E-state index contributed by atoms with van der Waals surface area (Å²) < 4.78 is 50.7. The second-order valence-electron chi connectivity index (χ2n) is 9.22. The molecule has 1 aliphatic rings. The van der Waals surface area contributed by atoms with Gasteiger partial charge < -0.3 is 20.1 Å². The maximum atomic E-state index is 14.7. The molecule has 0 aliphatic carbocycles. The van der Waals surface area contributed by atoms with Crippen LogP contribution >= 0.6 is 0 Å². The number of halogens is 3. The van der Waals surface area contributed by atoms with E-state index in [4.69, 9.17) is 9.84 Å². The number of imidazole rings is 1. The van der Waals surface area contributed by atoms with Gasteiger partial charge in [0.2, 0.25) is 0 Å². The third-order valence-corrected chi connectivity index (χ3v) is 5.43. The van der Waals surface area contributed by atoms with Crippen molar-refractivity contribution in [2.75, 3.05) is 18.4 Å². The zero-order valence-electron chi connectivity index (χ0n) is 19.3. The van der Waals surface area contributed by atoms with Crippen molar-refractivity contribution in [3.05, 3.63) is 47.8 Å². The second kappa shape index (κ2) is 9.08. The lowest BCUT2D eigenvalue weighted by Crippen LogP contribution is -2.52. The van der Waals surface area contributed by atoms with Crippen LogP contribution in [-0.4, -0.2) is 67.3 Å². The molecule has 186 valence electrons. The molecule has 3 aromatic heterocycles. The molecule has 35 heavy (non-hydrogen) atoms. The summed E-state index contributed by atoms with van der Waals surface area (Å²) >= 11 is 0. The first kappa shape index (κ1) is 24.3. The van der Waals surface area contributed by atoms with Gasteiger partial charge in [0, 0.05) is 25.4 Å². The number of rotatable bonds is 4. The van der Waals surface area contributed by atoms with Crippen LogP contribution in [0, 0.1) is 11.6 Å². The molecule has 4 rings (SSSR count). The van der Waals surface area contributed by atoms with Gasteiger partial charge in [0.1, 0.15) is 23.1 Å². The lowest BCUT2D eigenvalue weighted by Gasteiger charge is -2.36. The minimum atomic E-state index is -1.41. The molecule has 2 N–H and O–H groups in total. The van der Waals surface area contributed by atoms with Crippen molar-refractivity contribution in [1.82, 2.24) is 19.3 Å². The zero-order valence-corrected chi connectivity index (χ0v) is 19.3. The number of carboxylic acids is 1. The number of ether oxygens (including phenoxy) is 1. The number of nitrogens with zero attached hydrogens (tertiary/aromatic N) is 4. The van der Waals surface area contributed by atoms with Crippen LogP contribution in [-0.2, 0) is 4.74 Å². The number of hydrogen-bond acceptors (Lipinski definition) is 6. The molecule has 0 saturated carbocycles. The van der Waals surface area contributed by atoms with E-state index in [2.05, 4.69) is 15.3 Å². The Bertz CT molecular complexity index is 1290. The summed E-state index contributed by atoms with van der Waals surface area (Å²) in [6, 6.07) is 2.23. The highest BCUT2D eigenvalue weighted by molar-refractivity contribution is 5.88. The molecule has 1 amide bonds. The van der Waals surface area contributed by atoms with Gasteiger partial charge in [-0.3, -0.25) is 4.40 Å². The molecular weight excluding hydrogens is 467 g/mol. The number of anilines is 1. The standard InChI is InChI=1S/C23H24F3N5O4/c1-23(2,3)35-22(34)30-6-5-13(24)16(11-30)28-20-15(26)9-14(25)19(29-20)17-10-27-18-8-12(21(32)33)4-7-31(17)18/h4,7-10,13,16H,5-6,11H2,1-3H3,(H,28,29)(H,32,33)/t13-,16-/m0/s1. The molecule has 1 saturated heterocycles. The van der Waals surface area contributed by atoms with Crippen LogP contribution in [0.4, 0.5) is 23.8 Å². The number of carbonyl (C=O) groups is 2. The summed E-state index contributed by atoms with van der Waals surface area (Å²) in [7, 11) is 0. The van der Waals surface area contributed by atoms with E-state index in [1.54, 1.807) is 20.8 Å². The van der Waals surface area contributed by atoms with E-state index in [1.807, 2.05) is 0 Å². The molecule has 0 aromatic carbocycles. The summed E-state index contributed by atoms with van der Waals surface area (Å²) in [4.78, 5) is 33.0. The average molecular weight is 491 g/mol. The number of carbonyl (C=O) groups excluding carboxylic acids is 1. The van der Waals surface area contributed by atoms with E-state index >= 15 is 0 Å². The number of amides is 1. The van der Waals surface area contributed by atoms with Gasteiger partial charge in [-0.15, -0.1) is 0 Å². The quantitative estimate of drug-likeness (QED) is 0.565. The zero-order chi connectivity index (χ0) is 25.5. The van der Waals surface area contributed by atoms with E-state index in [9.17, 15) is 22.8 Å². The number of aromatic nitrogens is 3. The molecule has 0 bridgehead atoms. The Hall–Kier alpha value is -3.83. The first-order valence-corrected chi connectivity index (χ1v) is 10.9. The third-order valence-electron chi connectivity index (χ3n) is 5.43. The van der Waals surface area contributed by atoms with Crippen molar-refractivity contribution < 1.29 is 32.6 Å². The molecule has 0 spiro atoms. The monoisotopic (exact) mass is 491 g/mol. The van der Waals surface area contributed by atoms with Crippen LogP contribution < -0.4 is 5.32 Å². The summed E-state index contributed by atoms with van der Waals surface area (Å²) in [5, 5.41) is 11.8. The number of piperidine rings is 1. The Balaban J connectivity index is 1.62. The highest BCUT2D eigenvalue weighted by Gasteiger charge is 2.34. The summed E-state index contributed by atoms with van der Waals surface area (Å²) in [5.74, 6) is -3.55. The second-order valence-corrected chi connectivity index (χ2v) is 9.22. The molecule has 1 aliphatic heterocycles. The fourth-order valence-electron chi connectivity index (χ4n) is 3.76. The van der Waals surface area contributed by atoms with E-state index in [1.165, 1.54) is 33.8 Å². The smallest absolute Gasteiger partial charge is 0.410 e. The summed E-state index contributed by atoms with van der Waals surface area (Å²) in [5.41, 5.74) is -0.631. The Morgan fingerprint density at radius 3 is 2.66 bits per heavy atom. The number of pyridine rings is 2. The number of carboxylic acid groups (broad SMARTS) is 1. The predicted molar refractivity (Wildman–Crippen MR) is 120 cm³/mol. The van der Waals surface area contributed by atoms with Crippen LogP contribution in [0.5, 0.6) is 0 Å². The van der Waals surface area contributed by atoms with E-state index < -0.39 is 47.3 Å². The van der Waals surface area contributed by atoms with Crippen molar-refractivity contribution in [3.8, 4) is 11.4 Å². The molecule has 0 radical (unpaired) electrons. The van der Waals surface area contributed by atoms with Crippen LogP contribution in [0.15, 0.2) is 30.6 Å². The Kier molecular flexibility index (Phi) is 6.30. The Labute approximate surface area is 198 Å². The lowest BCUT2D eigenvalue weighted by atomic mass is 10.0. The van der Waals surface area contributed by atoms with E-state index in [-0.39, 0.29) is 42.1 Å². The molecule has 1 fully saturated rings. The molecule has 0 unspecified atom stereocenters. The Morgan fingerprint density at radius 1 is 1.23 bits per heavy atom. The van der Waals surface area contributed by atoms with Crippen molar-refractivity contribution in [3.63, 3.8) is 0 Å². The normalized spacial score (nSPS) is 18.5. The maximum absolute atomic E-state index is 14.7. The van der Waals surface area contributed by atoms with E-state index in [0.717, 1.165) is 0 Å². The number of hydrogen-bond donors (Lipinski definition) is 2. The van der Waals surface area contributed by atoms with E-state index in [0.29, 0.717) is 6.07 Å². The topological polar surface area (TPSA) is 109 Å². The highest BCUT2D eigenvalue weighted by atomic mass is 19.1. The third kappa shape index (κ3) is 5.15. The number of aromatic carboxylic acids is 1. The Morgan fingerprint density at radius 2 is 1.97 bits per heavy atom. The fraction of sp³-hybridized carbons (Fsp3) is 0.391. The van der Waals surface area contributed by atoms with Gasteiger partial charge in [0.05, 0.1) is 23.5 Å². The van der Waals surface area contributed by atoms with Crippen molar-refractivity contribution >= 4 is 23.5 Å². The minimum absolute atomic E-state index is 0.00571. The van der Waals surface area contributed by atoms with Gasteiger partial charge in [0.25, 0.3) is 0 Å². The molecule has 9 nitrogen and oxygen atoms in total. The van der Waals surface area contributed by atoms with Gasteiger partial charge in [0.15, 0.2) is 17.5 Å². The van der Waals surface area contributed by atoms with Crippen LogP contribution in [0.3, 0.4) is 0 Å². The van der Waals surface area contributed by atoms with Gasteiger partial charge in [-0.2, -0.15) is 0 Å². The largest absolute Gasteiger partial charge is 0.478 e.